The molecule has 0 atom stereocenters. The third-order valence-corrected chi connectivity index (χ3v) is 3.66. The lowest BCUT2D eigenvalue weighted by Crippen LogP contribution is -2.08. The van der Waals surface area contributed by atoms with Gasteiger partial charge in [0.05, 0.1) is 0 Å². The van der Waals surface area contributed by atoms with Crippen LogP contribution < -0.4 is 5.32 Å². The van der Waals surface area contributed by atoms with Crippen LogP contribution in [0.2, 0.25) is 0 Å². The van der Waals surface area contributed by atoms with Crippen molar-refractivity contribution in [2.45, 2.75) is 39.5 Å². The second-order valence-electron chi connectivity index (χ2n) is 5.40. The van der Waals surface area contributed by atoms with Gasteiger partial charge in [0, 0.05) is 16.6 Å². The minimum Gasteiger partial charge on any atom is -0.358 e. The van der Waals surface area contributed by atoms with E-state index in [-0.39, 0.29) is 0 Å². The topological polar surface area (TPSA) is 27.8 Å². The van der Waals surface area contributed by atoms with Crippen LogP contribution in [0.15, 0.2) is 18.2 Å². The molecule has 1 heterocycles. The SMILES string of the molecule is CNCCCc1c(C)[nH]c2ccc(C(C)C)cc12. The van der Waals surface area contributed by atoms with Gasteiger partial charge in [0.25, 0.3) is 0 Å². The van der Waals surface area contributed by atoms with E-state index in [9.17, 15) is 0 Å². The summed E-state index contributed by atoms with van der Waals surface area (Å²) < 4.78 is 0. The largest absolute Gasteiger partial charge is 0.358 e. The lowest BCUT2D eigenvalue weighted by molar-refractivity contribution is 0.724. The quantitative estimate of drug-likeness (QED) is 0.770. The van der Waals surface area contributed by atoms with Crippen LogP contribution in [0.3, 0.4) is 0 Å². The van der Waals surface area contributed by atoms with Gasteiger partial charge in [-0.3, -0.25) is 0 Å². The second-order valence-corrected chi connectivity index (χ2v) is 5.40. The van der Waals surface area contributed by atoms with E-state index in [1.165, 1.54) is 34.1 Å². The zero-order valence-electron chi connectivity index (χ0n) is 11.9. The van der Waals surface area contributed by atoms with E-state index in [1.54, 1.807) is 0 Å². The van der Waals surface area contributed by atoms with Crippen molar-refractivity contribution in [2.24, 2.45) is 0 Å². The van der Waals surface area contributed by atoms with Gasteiger partial charge in [-0.15, -0.1) is 0 Å². The molecule has 0 saturated carbocycles. The highest BCUT2D eigenvalue weighted by molar-refractivity contribution is 5.85. The molecule has 0 spiro atoms. The van der Waals surface area contributed by atoms with Crippen molar-refractivity contribution >= 4 is 10.9 Å². The number of aromatic amines is 1. The molecule has 0 unspecified atom stereocenters. The van der Waals surface area contributed by atoms with E-state index >= 15 is 0 Å². The van der Waals surface area contributed by atoms with Crippen LogP contribution in [-0.4, -0.2) is 18.6 Å². The van der Waals surface area contributed by atoms with E-state index < -0.39 is 0 Å². The standard InChI is InChI=1S/C16H24N2/c1-11(2)13-7-8-16-15(10-13)14(12(3)18-16)6-5-9-17-4/h7-8,10-11,17-18H,5-6,9H2,1-4H3. The van der Waals surface area contributed by atoms with E-state index in [2.05, 4.69) is 49.3 Å². The number of fused-ring (bicyclic) bond motifs is 1. The summed E-state index contributed by atoms with van der Waals surface area (Å²) in [6, 6.07) is 6.82. The number of benzene rings is 1. The molecule has 0 radical (unpaired) electrons. The molecule has 1 aromatic heterocycles. The number of hydrogen-bond acceptors (Lipinski definition) is 1. The molecule has 0 fully saturated rings. The molecule has 0 aliphatic rings. The minimum absolute atomic E-state index is 0.592. The van der Waals surface area contributed by atoms with Gasteiger partial charge in [0.15, 0.2) is 0 Å². The predicted octanol–water partition coefficient (Wildman–Crippen LogP) is 3.75. The first kappa shape index (κ1) is 13.2. The van der Waals surface area contributed by atoms with Crippen molar-refractivity contribution in [3.63, 3.8) is 0 Å². The summed E-state index contributed by atoms with van der Waals surface area (Å²) in [5.41, 5.74) is 5.51. The van der Waals surface area contributed by atoms with Crippen LogP contribution in [0.5, 0.6) is 0 Å². The lowest BCUT2D eigenvalue weighted by atomic mass is 9.98. The highest BCUT2D eigenvalue weighted by Gasteiger charge is 2.09. The molecule has 0 amide bonds. The molecule has 2 aromatic rings. The summed E-state index contributed by atoms with van der Waals surface area (Å²) >= 11 is 0. The summed E-state index contributed by atoms with van der Waals surface area (Å²) in [5, 5.41) is 4.63. The van der Waals surface area contributed by atoms with Gasteiger partial charge in [0.1, 0.15) is 0 Å². The Morgan fingerprint density at radius 2 is 2.06 bits per heavy atom. The Morgan fingerprint density at radius 3 is 2.72 bits per heavy atom. The van der Waals surface area contributed by atoms with Crippen LogP contribution in [0.4, 0.5) is 0 Å². The van der Waals surface area contributed by atoms with Crippen LogP contribution in [0.1, 0.15) is 43.0 Å². The van der Waals surface area contributed by atoms with Crippen molar-refractivity contribution in [2.75, 3.05) is 13.6 Å². The molecule has 1 aromatic carbocycles. The van der Waals surface area contributed by atoms with Gasteiger partial charge in [-0.25, -0.2) is 0 Å². The fourth-order valence-corrected chi connectivity index (χ4v) is 2.52. The Kier molecular flexibility index (Phi) is 4.07. The molecule has 2 rings (SSSR count). The molecule has 0 saturated heterocycles. The van der Waals surface area contributed by atoms with Gasteiger partial charge in [-0.2, -0.15) is 0 Å². The summed E-state index contributed by atoms with van der Waals surface area (Å²) in [4.78, 5) is 3.50. The molecule has 0 bridgehead atoms. The van der Waals surface area contributed by atoms with Gasteiger partial charge >= 0.3 is 0 Å². The van der Waals surface area contributed by atoms with E-state index in [1.807, 2.05) is 7.05 Å². The molecule has 0 aliphatic carbocycles. The Bertz CT molecular complexity index is 523. The van der Waals surface area contributed by atoms with E-state index in [4.69, 9.17) is 0 Å². The third kappa shape index (κ3) is 2.59. The molecular weight excluding hydrogens is 220 g/mol. The summed E-state index contributed by atoms with van der Waals surface area (Å²) in [6.07, 6.45) is 2.34. The average molecular weight is 244 g/mol. The van der Waals surface area contributed by atoms with Crippen molar-refractivity contribution < 1.29 is 0 Å². The highest BCUT2D eigenvalue weighted by Crippen LogP contribution is 2.27. The van der Waals surface area contributed by atoms with Crippen LogP contribution in [0, 0.1) is 6.92 Å². The zero-order chi connectivity index (χ0) is 13.1. The van der Waals surface area contributed by atoms with Gasteiger partial charge in [-0.05, 0) is 62.5 Å². The molecule has 98 valence electrons. The summed E-state index contributed by atoms with van der Waals surface area (Å²) in [6.45, 7) is 7.77. The maximum atomic E-state index is 3.50. The molecular formula is C16H24N2. The van der Waals surface area contributed by atoms with Gasteiger partial charge < -0.3 is 10.3 Å². The number of hydrogen-bond donors (Lipinski definition) is 2. The van der Waals surface area contributed by atoms with Crippen LogP contribution in [-0.2, 0) is 6.42 Å². The normalized spacial score (nSPS) is 11.6. The number of aromatic nitrogens is 1. The summed E-state index contributed by atoms with van der Waals surface area (Å²) in [7, 11) is 2.01. The lowest BCUT2D eigenvalue weighted by Gasteiger charge is -2.06. The first-order valence-corrected chi connectivity index (χ1v) is 6.89. The Hall–Kier alpha value is -1.28. The first-order chi connectivity index (χ1) is 8.63. The number of H-pyrrole nitrogens is 1. The van der Waals surface area contributed by atoms with Gasteiger partial charge in [-0.1, -0.05) is 19.9 Å². The molecule has 2 heteroatoms. The highest BCUT2D eigenvalue weighted by atomic mass is 14.8. The number of nitrogens with one attached hydrogen (secondary N) is 2. The Morgan fingerprint density at radius 1 is 1.28 bits per heavy atom. The summed E-state index contributed by atoms with van der Waals surface area (Å²) in [5.74, 6) is 0.592. The van der Waals surface area contributed by atoms with Crippen LogP contribution >= 0.6 is 0 Å². The third-order valence-electron chi connectivity index (χ3n) is 3.66. The molecule has 2 nitrogen and oxygen atoms in total. The predicted molar refractivity (Wildman–Crippen MR) is 79.4 cm³/mol. The first-order valence-electron chi connectivity index (χ1n) is 6.89. The smallest absolute Gasteiger partial charge is 0.0459 e. The molecule has 0 aliphatic heterocycles. The van der Waals surface area contributed by atoms with E-state index in [0.29, 0.717) is 5.92 Å². The fraction of sp³-hybridized carbons (Fsp3) is 0.500. The number of aryl methyl sites for hydroxylation is 2. The van der Waals surface area contributed by atoms with Crippen molar-refractivity contribution in [3.05, 3.63) is 35.0 Å². The average Bonchev–Trinajstić information content (AvgIpc) is 2.65. The zero-order valence-corrected chi connectivity index (χ0v) is 11.9. The monoisotopic (exact) mass is 244 g/mol. The van der Waals surface area contributed by atoms with E-state index in [0.717, 1.165) is 13.0 Å². The van der Waals surface area contributed by atoms with Crippen molar-refractivity contribution in [1.82, 2.24) is 10.3 Å². The van der Waals surface area contributed by atoms with Crippen LogP contribution in [0.25, 0.3) is 10.9 Å². The minimum atomic E-state index is 0.592. The molecule has 2 N–H and O–H groups in total. The van der Waals surface area contributed by atoms with Crippen molar-refractivity contribution in [1.29, 1.82) is 0 Å². The number of rotatable bonds is 5. The fourth-order valence-electron chi connectivity index (χ4n) is 2.52. The Balaban J connectivity index is 2.37. The maximum Gasteiger partial charge on any atom is 0.0459 e. The maximum absolute atomic E-state index is 3.50. The molecule has 18 heavy (non-hydrogen) atoms. The second kappa shape index (κ2) is 5.57. The van der Waals surface area contributed by atoms with Crippen molar-refractivity contribution in [3.8, 4) is 0 Å². The van der Waals surface area contributed by atoms with Gasteiger partial charge in [0.2, 0.25) is 0 Å². The Labute approximate surface area is 110 Å².